The van der Waals surface area contributed by atoms with Gasteiger partial charge in [0.2, 0.25) is 5.91 Å². The highest BCUT2D eigenvalue weighted by Crippen LogP contribution is 2.43. The number of amides is 1. The molecule has 1 aliphatic heterocycles. The fourth-order valence-electron chi connectivity index (χ4n) is 3.29. The van der Waals surface area contributed by atoms with E-state index < -0.39 is 0 Å². The third kappa shape index (κ3) is 4.25. The van der Waals surface area contributed by atoms with Crippen molar-refractivity contribution in [3.8, 4) is 0 Å². The van der Waals surface area contributed by atoms with Crippen LogP contribution in [0.15, 0.2) is 24.3 Å². The number of aryl methyl sites for hydroxylation is 1. The first kappa shape index (κ1) is 16.7. The Balaban J connectivity index is 1.25. The number of likely N-dealkylation sites (tertiary alicyclic amines) is 1. The zero-order chi connectivity index (χ0) is 17.2. The average molecular weight is 356 g/mol. The summed E-state index contributed by atoms with van der Waals surface area (Å²) >= 11 is 1.81. The topological polar surface area (TPSA) is 58.1 Å². The van der Waals surface area contributed by atoms with Crippen LogP contribution >= 0.6 is 11.3 Å². The summed E-state index contributed by atoms with van der Waals surface area (Å²) in [4.78, 5) is 14.5. The Labute approximate surface area is 152 Å². The summed E-state index contributed by atoms with van der Waals surface area (Å²) in [6.07, 6.45) is 4.70. The standard InChI is InChI=1S/C19H24N4OS/c1-13-2-6-16(7-3-13)20-17(24)12-23-10-8-15(9-11-23)19-22-21-18(25-19)14-4-5-14/h2-3,6-7,14-15H,4-5,8-12H2,1H3,(H,20,24). The van der Waals surface area contributed by atoms with Crippen LogP contribution in [-0.4, -0.2) is 40.6 Å². The molecule has 1 N–H and O–H groups in total. The van der Waals surface area contributed by atoms with Crippen molar-refractivity contribution in [3.05, 3.63) is 39.8 Å². The molecule has 1 saturated heterocycles. The molecule has 0 radical (unpaired) electrons. The van der Waals surface area contributed by atoms with Crippen LogP contribution in [0.3, 0.4) is 0 Å². The Hall–Kier alpha value is -1.79. The molecule has 0 atom stereocenters. The van der Waals surface area contributed by atoms with E-state index in [4.69, 9.17) is 0 Å². The monoisotopic (exact) mass is 356 g/mol. The molecule has 4 rings (SSSR count). The van der Waals surface area contributed by atoms with Crippen molar-refractivity contribution >= 4 is 22.9 Å². The van der Waals surface area contributed by atoms with Gasteiger partial charge in [-0.1, -0.05) is 17.7 Å². The lowest BCUT2D eigenvalue weighted by atomic mass is 9.98. The van der Waals surface area contributed by atoms with Crippen molar-refractivity contribution < 1.29 is 4.79 Å². The van der Waals surface area contributed by atoms with Gasteiger partial charge in [-0.3, -0.25) is 9.69 Å². The van der Waals surface area contributed by atoms with Gasteiger partial charge in [-0.25, -0.2) is 0 Å². The lowest BCUT2D eigenvalue weighted by molar-refractivity contribution is -0.117. The number of hydrogen-bond acceptors (Lipinski definition) is 5. The molecule has 25 heavy (non-hydrogen) atoms. The van der Waals surface area contributed by atoms with Crippen LogP contribution in [-0.2, 0) is 4.79 Å². The molecule has 1 aliphatic carbocycles. The molecule has 6 heteroatoms. The summed E-state index contributed by atoms with van der Waals surface area (Å²) in [5, 5.41) is 14.2. The van der Waals surface area contributed by atoms with Gasteiger partial charge in [0.1, 0.15) is 10.0 Å². The quantitative estimate of drug-likeness (QED) is 0.890. The Morgan fingerprint density at radius 2 is 1.68 bits per heavy atom. The number of nitrogens with zero attached hydrogens (tertiary/aromatic N) is 3. The fourth-order valence-corrected chi connectivity index (χ4v) is 4.47. The predicted molar refractivity (Wildman–Crippen MR) is 100 cm³/mol. The molecule has 132 valence electrons. The summed E-state index contributed by atoms with van der Waals surface area (Å²) in [6, 6.07) is 7.93. The molecule has 0 bridgehead atoms. The van der Waals surface area contributed by atoms with Gasteiger partial charge in [-0.15, -0.1) is 21.5 Å². The molecule has 2 heterocycles. The van der Waals surface area contributed by atoms with E-state index in [1.165, 1.54) is 28.4 Å². The van der Waals surface area contributed by atoms with Gasteiger partial charge in [-0.2, -0.15) is 0 Å². The summed E-state index contributed by atoms with van der Waals surface area (Å²) in [5.41, 5.74) is 2.06. The predicted octanol–water partition coefficient (Wildman–Crippen LogP) is 3.54. The molecule has 5 nitrogen and oxygen atoms in total. The summed E-state index contributed by atoms with van der Waals surface area (Å²) < 4.78 is 0. The Morgan fingerprint density at radius 3 is 2.28 bits per heavy atom. The minimum absolute atomic E-state index is 0.0641. The second-order valence-electron chi connectivity index (χ2n) is 7.22. The number of rotatable bonds is 5. The lowest BCUT2D eigenvalue weighted by Crippen LogP contribution is -2.38. The number of carbonyl (C=O) groups excluding carboxylic acids is 1. The first-order valence-electron chi connectivity index (χ1n) is 9.09. The van der Waals surface area contributed by atoms with E-state index in [1.807, 2.05) is 42.5 Å². The van der Waals surface area contributed by atoms with Gasteiger partial charge in [0, 0.05) is 17.5 Å². The molecule has 0 unspecified atom stereocenters. The number of aromatic nitrogens is 2. The molecule has 1 saturated carbocycles. The largest absolute Gasteiger partial charge is 0.325 e. The Kier molecular flexibility index (Phi) is 4.81. The molecular weight excluding hydrogens is 332 g/mol. The van der Waals surface area contributed by atoms with Crippen molar-refractivity contribution in [1.82, 2.24) is 15.1 Å². The number of piperidine rings is 1. The van der Waals surface area contributed by atoms with E-state index in [0.29, 0.717) is 18.4 Å². The van der Waals surface area contributed by atoms with Gasteiger partial charge in [-0.05, 0) is 57.8 Å². The van der Waals surface area contributed by atoms with E-state index in [1.54, 1.807) is 0 Å². The normalized spacial score (nSPS) is 19.1. The zero-order valence-electron chi connectivity index (χ0n) is 14.6. The highest BCUT2D eigenvalue weighted by Gasteiger charge is 2.30. The zero-order valence-corrected chi connectivity index (χ0v) is 15.4. The second-order valence-corrected chi connectivity index (χ2v) is 8.26. The minimum atomic E-state index is 0.0641. The molecule has 1 aromatic carbocycles. The van der Waals surface area contributed by atoms with Crippen molar-refractivity contribution in [2.75, 3.05) is 25.0 Å². The van der Waals surface area contributed by atoms with Crippen LogP contribution in [0, 0.1) is 6.92 Å². The van der Waals surface area contributed by atoms with E-state index in [2.05, 4.69) is 20.4 Å². The van der Waals surface area contributed by atoms with Gasteiger partial charge >= 0.3 is 0 Å². The van der Waals surface area contributed by atoms with Gasteiger partial charge in [0.25, 0.3) is 0 Å². The fraction of sp³-hybridized carbons (Fsp3) is 0.526. The Morgan fingerprint density at radius 1 is 1.08 bits per heavy atom. The summed E-state index contributed by atoms with van der Waals surface area (Å²) in [7, 11) is 0. The minimum Gasteiger partial charge on any atom is -0.325 e. The van der Waals surface area contributed by atoms with Crippen LogP contribution in [0.1, 0.15) is 53.1 Å². The third-order valence-electron chi connectivity index (χ3n) is 5.02. The summed E-state index contributed by atoms with van der Waals surface area (Å²) in [5.74, 6) is 1.27. The van der Waals surface area contributed by atoms with Crippen LogP contribution in [0.2, 0.25) is 0 Å². The number of nitrogens with one attached hydrogen (secondary N) is 1. The number of hydrogen-bond donors (Lipinski definition) is 1. The van der Waals surface area contributed by atoms with E-state index in [-0.39, 0.29) is 5.91 Å². The average Bonchev–Trinajstić information content (AvgIpc) is 3.35. The lowest BCUT2D eigenvalue weighted by Gasteiger charge is -2.30. The molecule has 2 aromatic rings. The number of carbonyl (C=O) groups is 1. The van der Waals surface area contributed by atoms with Crippen molar-refractivity contribution in [2.45, 2.75) is 44.4 Å². The molecular formula is C19H24N4OS. The van der Waals surface area contributed by atoms with Gasteiger partial charge in [0.05, 0.1) is 6.54 Å². The van der Waals surface area contributed by atoms with Crippen LogP contribution in [0.4, 0.5) is 5.69 Å². The molecule has 1 amide bonds. The SMILES string of the molecule is Cc1ccc(NC(=O)CN2CCC(c3nnc(C4CC4)s3)CC2)cc1. The van der Waals surface area contributed by atoms with Crippen molar-refractivity contribution in [1.29, 1.82) is 0 Å². The smallest absolute Gasteiger partial charge is 0.238 e. The number of anilines is 1. The van der Waals surface area contributed by atoms with Crippen LogP contribution in [0.25, 0.3) is 0 Å². The van der Waals surface area contributed by atoms with Crippen LogP contribution < -0.4 is 5.32 Å². The summed E-state index contributed by atoms with van der Waals surface area (Å²) in [6.45, 7) is 4.40. The molecule has 1 aromatic heterocycles. The maximum Gasteiger partial charge on any atom is 0.238 e. The highest BCUT2D eigenvalue weighted by molar-refractivity contribution is 7.11. The maximum absolute atomic E-state index is 12.2. The van der Waals surface area contributed by atoms with E-state index in [9.17, 15) is 4.79 Å². The molecule has 2 aliphatic rings. The number of benzene rings is 1. The first-order valence-corrected chi connectivity index (χ1v) is 9.91. The van der Waals surface area contributed by atoms with Crippen molar-refractivity contribution in [2.24, 2.45) is 0 Å². The second kappa shape index (κ2) is 7.22. The molecule has 2 fully saturated rings. The van der Waals surface area contributed by atoms with Crippen molar-refractivity contribution in [3.63, 3.8) is 0 Å². The van der Waals surface area contributed by atoms with Gasteiger partial charge in [0.15, 0.2) is 0 Å². The third-order valence-corrected chi connectivity index (χ3v) is 6.27. The first-order chi connectivity index (χ1) is 12.2. The van der Waals surface area contributed by atoms with E-state index >= 15 is 0 Å². The van der Waals surface area contributed by atoms with Gasteiger partial charge < -0.3 is 5.32 Å². The highest BCUT2D eigenvalue weighted by atomic mass is 32.1. The molecule has 0 spiro atoms. The Bertz CT molecular complexity index is 730. The maximum atomic E-state index is 12.2. The van der Waals surface area contributed by atoms with Crippen LogP contribution in [0.5, 0.6) is 0 Å². The van der Waals surface area contributed by atoms with E-state index in [0.717, 1.165) is 31.6 Å².